The Morgan fingerprint density at radius 1 is 1.38 bits per heavy atom. The molecule has 1 aliphatic rings. The van der Waals surface area contributed by atoms with Gasteiger partial charge in [-0.1, -0.05) is 19.8 Å². The zero-order valence-electron chi connectivity index (χ0n) is 8.71. The van der Waals surface area contributed by atoms with Crippen molar-refractivity contribution in [1.29, 1.82) is 0 Å². The predicted octanol–water partition coefficient (Wildman–Crippen LogP) is 2.70. The molecule has 0 saturated carbocycles. The number of ketones is 1. The number of unbranched alkanes of at least 4 members (excludes halogenated alkanes) is 2. The average Bonchev–Trinajstić information content (AvgIpc) is 2.52. The van der Waals surface area contributed by atoms with Gasteiger partial charge in [-0.2, -0.15) is 0 Å². The smallest absolute Gasteiger partial charge is 0.161 e. The van der Waals surface area contributed by atoms with Crippen LogP contribution in [-0.4, -0.2) is 18.0 Å². The van der Waals surface area contributed by atoms with Crippen molar-refractivity contribution >= 4 is 5.78 Å². The van der Waals surface area contributed by atoms with E-state index in [0.717, 1.165) is 25.7 Å². The molecule has 2 heteroatoms. The Kier molecular flexibility index (Phi) is 4.43. The highest BCUT2D eigenvalue weighted by Crippen LogP contribution is 2.21. The largest absolute Gasteiger partial charge is 0.368 e. The van der Waals surface area contributed by atoms with Crippen LogP contribution in [0.2, 0.25) is 0 Å². The fraction of sp³-hybridized carbons (Fsp3) is 0.909. The van der Waals surface area contributed by atoms with E-state index in [-0.39, 0.29) is 6.10 Å². The molecule has 1 heterocycles. The van der Waals surface area contributed by atoms with Crippen molar-refractivity contribution in [1.82, 2.24) is 0 Å². The maximum Gasteiger partial charge on any atom is 0.161 e. The topological polar surface area (TPSA) is 26.3 Å². The minimum Gasteiger partial charge on any atom is -0.368 e. The van der Waals surface area contributed by atoms with Crippen LogP contribution in [0.4, 0.5) is 0 Å². The van der Waals surface area contributed by atoms with Crippen molar-refractivity contribution in [3.05, 3.63) is 0 Å². The van der Waals surface area contributed by atoms with E-state index < -0.39 is 0 Å². The van der Waals surface area contributed by atoms with Crippen LogP contribution in [0, 0.1) is 0 Å². The van der Waals surface area contributed by atoms with Gasteiger partial charge in [0.25, 0.3) is 0 Å². The van der Waals surface area contributed by atoms with Crippen molar-refractivity contribution in [2.75, 3.05) is 0 Å². The van der Waals surface area contributed by atoms with Crippen LogP contribution >= 0.6 is 0 Å². The first-order valence-electron chi connectivity index (χ1n) is 5.42. The molecule has 0 bridgehead atoms. The second-order valence-corrected chi connectivity index (χ2v) is 3.94. The van der Waals surface area contributed by atoms with Gasteiger partial charge in [0.05, 0.1) is 6.10 Å². The lowest BCUT2D eigenvalue weighted by Gasteiger charge is -2.09. The van der Waals surface area contributed by atoms with Crippen molar-refractivity contribution in [2.45, 2.75) is 64.6 Å². The van der Waals surface area contributed by atoms with Crippen LogP contribution in [0.1, 0.15) is 52.4 Å². The minimum absolute atomic E-state index is 0.0770. The Balaban J connectivity index is 2.16. The van der Waals surface area contributed by atoms with E-state index in [9.17, 15) is 4.79 Å². The number of carbonyl (C=O) groups is 1. The first-order chi connectivity index (χ1) is 6.24. The summed E-state index contributed by atoms with van der Waals surface area (Å²) in [6.07, 6.45) is 6.28. The molecule has 13 heavy (non-hydrogen) atoms. The lowest BCUT2D eigenvalue weighted by Crippen LogP contribution is -2.20. The number of hydrogen-bond donors (Lipinski definition) is 0. The first kappa shape index (κ1) is 10.7. The second-order valence-electron chi connectivity index (χ2n) is 3.94. The highest BCUT2D eigenvalue weighted by molar-refractivity contribution is 5.83. The van der Waals surface area contributed by atoms with Gasteiger partial charge in [-0.15, -0.1) is 0 Å². The molecule has 0 aromatic carbocycles. The highest BCUT2D eigenvalue weighted by Gasteiger charge is 2.27. The van der Waals surface area contributed by atoms with Gasteiger partial charge in [0.2, 0.25) is 0 Å². The molecule has 0 N–H and O–H groups in total. The Hall–Kier alpha value is -0.370. The monoisotopic (exact) mass is 184 g/mol. The van der Waals surface area contributed by atoms with E-state index in [1.54, 1.807) is 0 Å². The van der Waals surface area contributed by atoms with E-state index in [1.165, 1.54) is 6.42 Å². The summed E-state index contributed by atoms with van der Waals surface area (Å²) in [4.78, 5) is 11.5. The molecular formula is C11H20O2. The molecular weight excluding hydrogens is 164 g/mol. The zero-order valence-corrected chi connectivity index (χ0v) is 8.71. The molecule has 0 radical (unpaired) electrons. The first-order valence-corrected chi connectivity index (χ1v) is 5.42. The molecule has 2 atom stereocenters. The van der Waals surface area contributed by atoms with Crippen molar-refractivity contribution in [3.8, 4) is 0 Å². The number of carbonyl (C=O) groups excluding carboxylic acids is 1. The van der Waals surface area contributed by atoms with E-state index in [0.29, 0.717) is 18.3 Å². The molecule has 2 nitrogen and oxygen atoms in total. The van der Waals surface area contributed by atoms with E-state index in [1.807, 2.05) is 6.92 Å². The Morgan fingerprint density at radius 2 is 2.15 bits per heavy atom. The summed E-state index contributed by atoms with van der Waals surface area (Å²) in [6, 6.07) is 0. The van der Waals surface area contributed by atoms with Gasteiger partial charge in [0, 0.05) is 6.42 Å². The van der Waals surface area contributed by atoms with Crippen LogP contribution in [0.3, 0.4) is 0 Å². The molecule has 0 aliphatic carbocycles. The van der Waals surface area contributed by atoms with Crippen molar-refractivity contribution in [3.63, 3.8) is 0 Å². The van der Waals surface area contributed by atoms with Gasteiger partial charge in [0.1, 0.15) is 6.10 Å². The average molecular weight is 184 g/mol. The standard InChI is InChI=1S/C11H20O2/c1-3-4-5-6-10(12)11-8-7-9(2)13-11/h9,11H,3-8H2,1-2H3. The normalized spacial score (nSPS) is 27.8. The van der Waals surface area contributed by atoms with Crippen LogP contribution < -0.4 is 0 Å². The summed E-state index contributed by atoms with van der Waals surface area (Å²) >= 11 is 0. The summed E-state index contributed by atoms with van der Waals surface area (Å²) in [6.45, 7) is 4.19. The fourth-order valence-electron chi connectivity index (χ4n) is 1.75. The van der Waals surface area contributed by atoms with Gasteiger partial charge in [-0.05, 0) is 26.2 Å². The molecule has 1 aliphatic heterocycles. The van der Waals surface area contributed by atoms with Crippen LogP contribution in [0.5, 0.6) is 0 Å². The van der Waals surface area contributed by atoms with E-state index in [4.69, 9.17) is 4.74 Å². The van der Waals surface area contributed by atoms with Crippen LogP contribution in [0.25, 0.3) is 0 Å². The molecule has 0 aromatic rings. The van der Waals surface area contributed by atoms with Crippen molar-refractivity contribution in [2.24, 2.45) is 0 Å². The predicted molar refractivity (Wildman–Crippen MR) is 52.7 cm³/mol. The zero-order chi connectivity index (χ0) is 9.68. The second kappa shape index (κ2) is 5.38. The summed E-state index contributed by atoms with van der Waals surface area (Å²) in [5.74, 6) is 0.317. The molecule has 1 fully saturated rings. The fourth-order valence-corrected chi connectivity index (χ4v) is 1.75. The van der Waals surface area contributed by atoms with Gasteiger partial charge < -0.3 is 4.74 Å². The molecule has 1 rings (SSSR count). The quantitative estimate of drug-likeness (QED) is 0.614. The third-order valence-electron chi connectivity index (χ3n) is 2.62. The Labute approximate surface area is 80.7 Å². The lowest BCUT2D eigenvalue weighted by molar-refractivity contribution is -0.129. The molecule has 0 amide bonds. The highest BCUT2D eigenvalue weighted by atomic mass is 16.5. The Bertz CT molecular complexity index is 165. The summed E-state index contributed by atoms with van der Waals surface area (Å²) in [7, 11) is 0. The number of ether oxygens (including phenoxy) is 1. The van der Waals surface area contributed by atoms with Gasteiger partial charge >= 0.3 is 0 Å². The maximum absolute atomic E-state index is 11.5. The van der Waals surface area contributed by atoms with Crippen molar-refractivity contribution < 1.29 is 9.53 Å². The number of hydrogen-bond acceptors (Lipinski definition) is 2. The lowest BCUT2D eigenvalue weighted by atomic mass is 10.1. The van der Waals surface area contributed by atoms with Crippen LogP contribution in [-0.2, 0) is 9.53 Å². The number of rotatable bonds is 5. The van der Waals surface area contributed by atoms with E-state index >= 15 is 0 Å². The molecule has 0 aromatic heterocycles. The summed E-state index contributed by atoms with van der Waals surface area (Å²) < 4.78 is 5.50. The number of Topliss-reactive ketones (excluding diaryl/α,β-unsaturated/α-hetero) is 1. The van der Waals surface area contributed by atoms with E-state index in [2.05, 4.69) is 6.92 Å². The van der Waals surface area contributed by atoms with Gasteiger partial charge in [-0.25, -0.2) is 0 Å². The summed E-state index contributed by atoms with van der Waals surface area (Å²) in [5, 5.41) is 0. The molecule has 2 unspecified atom stereocenters. The minimum atomic E-state index is -0.0770. The molecule has 76 valence electrons. The Morgan fingerprint density at radius 3 is 2.69 bits per heavy atom. The van der Waals surface area contributed by atoms with Crippen LogP contribution in [0.15, 0.2) is 0 Å². The summed E-state index contributed by atoms with van der Waals surface area (Å²) in [5.41, 5.74) is 0. The molecule has 0 spiro atoms. The maximum atomic E-state index is 11.5. The van der Waals surface area contributed by atoms with Gasteiger partial charge in [0.15, 0.2) is 5.78 Å². The third-order valence-corrected chi connectivity index (χ3v) is 2.62. The van der Waals surface area contributed by atoms with Gasteiger partial charge in [-0.3, -0.25) is 4.79 Å². The SMILES string of the molecule is CCCCCC(=O)C1CCC(C)O1. The molecule has 1 saturated heterocycles. The third kappa shape index (κ3) is 3.47.